The number of hydrogen-bond acceptors (Lipinski definition) is 2. The largest absolute Gasteiger partial charge is 0.351 e. The zero-order valence-corrected chi connectivity index (χ0v) is 12.4. The molecule has 0 fully saturated rings. The van der Waals surface area contributed by atoms with E-state index in [1.54, 1.807) is 42.3 Å². The van der Waals surface area contributed by atoms with Crippen molar-refractivity contribution in [2.24, 2.45) is 0 Å². The van der Waals surface area contributed by atoms with Crippen LogP contribution in [0.1, 0.15) is 11.1 Å². The third kappa shape index (κ3) is 4.93. The predicted molar refractivity (Wildman–Crippen MR) is 81.0 cm³/mol. The molecular weight excluding hydrogens is 286 g/mol. The summed E-state index contributed by atoms with van der Waals surface area (Å²) < 4.78 is 26.3. The minimum Gasteiger partial charge on any atom is -0.351 e. The van der Waals surface area contributed by atoms with Gasteiger partial charge in [0.2, 0.25) is 5.91 Å². The van der Waals surface area contributed by atoms with Gasteiger partial charge in [0.05, 0.1) is 6.54 Å². The molecule has 0 saturated heterocycles. The molecule has 0 bridgehead atoms. The molecule has 5 heteroatoms. The standard InChI is InChI=1S/C17H18F2N2O/c1-21(11-14-4-2-3-5-16(14)19)12-17(22)20-10-13-6-8-15(18)9-7-13/h2-9H,10-12H2,1H3,(H,20,22). The number of hydrogen-bond donors (Lipinski definition) is 1. The Bertz CT molecular complexity index is 629. The van der Waals surface area contributed by atoms with Gasteiger partial charge in [0.15, 0.2) is 0 Å². The number of nitrogens with one attached hydrogen (secondary N) is 1. The van der Waals surface area contributed by atoms with E-state index >= 15 is 0 Å². The Kier molecular flexibility index (Phi) is 5.61. The summed E-state index contributed by atoms with van der Waals surface area (Å²) in [5.41, 5.74) is 1.38. The highest BCUT2D eigenvalue weighted by atomic mass is 19.1. The number of likely N-dealkylation sites (N-methyl/N-ethyl adjacent to an activating group) is 1. The van der Waals surface area contributed by atoms with E-state index in [0.717, 1.165) is 5.56 Å². The van der Waals surface area contributed by atoms with Gasteiger partial charge in [-0.2, -0.15) is 0 Å². The van der Waals surface area contributed by atoms with E-state index in [-0.39, 0.29) is 24.1 Å². The van der Waals surface area contributed by atoms with Crippen LogP contribution in [0.4, 0.5) is 8.78 Å². The summed E-state index contributed by atoms with van der Waals surface area (Å²) in [5.74, 6) is -0.746. The van der Waals surface area contributed by atoms with Gasteiger partial charge in [-0.15, -0.1) is 0 Å². The van der Waals surface area contributed by atoms with Crippen LogP contribution in [0.5, 0.6) is 0 Å². The van der Waals surface area contributed by atoms with Gasteiger partial charge in [-0.1, -0.05) is 30.3 Å². The molecule has 0 aliphatic carbocycles. The molecule has 0 aliphatic rings. The van der Waals surface area contributed by atoms with E-state index in [1.165, 1.54) is 18.2 Å². The van der Waals surface area contributed by atoms with E-state index < -0.39 is 0 Å². The molecule has 0 atom stereocenters. The van der Waals surface area contributed by atoms with E-state index in [2.05, 4.69) is 5.32 Å². The average Bonchev–Trinajstić information content (AvgIpc) is 2.49. The average molecular weight is 304 g/mol. The van der Waals surface area contributed by atoms with Gasteiger partial charge in [0.25, 0.3) is 0 Å². The van der Waals surface area contributed by atoms with Crippen LogP contribution < -0.4 is 5.32 Å². The highest BCUT2D eigenvalue weighted by molar-refractivity contribution is 5.77. The smallest absolute Gasteiger partial charge is 0.234 e. The normalized spacial score (nSPS) is 10.7. The molecule has 2 aromatic carbocycles. The lowest BCUT2D eigenvalue weighted by molar-refractivity contribution is -0.122. The molecule has 22 heavy (non-hydrogen) atoms. The van der Waals surface area contributed by atoms with Gasteiger partial charge in [-0.3, -0.25) is 9.69 Å². The fraction of sp³-hybridized carbons (Fsp3) is 0.235. The van der Waals surface area contributed by atoms with E-state index in [1.807, 2.05) is 0 Å². The molecular formula is C17H18F2N2O. The molecule has 0 aliphatic heterocycles. The fourth-order valence-electron chi connectivity index (χ4n) is 2.08. The number of halogens is 2. The quantitative estimate of drug-likeness (QED) is 0.890. The Balaban J connectivity index is 1.79. The van der Waals surface area contributed by atoms with Crippen LogP contribution in [0.25, 0.3) is 0 Å². The van der Waals surface area contributed by atoms with Crippen molar-refractivity contribution >= 4 is 5.91 Å². The zero-order chi connectivity index (χ0) is 15.9. The molecule has 0 saturated carbocycles. The topological polar surface area (TPSA) is 32.3 Å². The fourth-order valence-corrected chi connectivity index (χ4v) is 2.08. The number of carbonyl (C=O) groups is 1. The first-order chi connectivity index (χ1) is 10.5. The lowest BCUT2D eigenvalue weighted by Gasteiger charge is -2.16. The van der Waals surface area contributed by atoms with Crippen LogP contribution in [0.2, 0.25) is 0 Å². The number of nitrogens with zero attached hydrogens (tertiary/aromatic N) is 1. The van der Waals surface area contributed by atoms with Crippen molar-refractivity contribution in [2.45, 2.75) is 13.1 Å². The minimum atomic E-state index is -0.306. The van der Waals surface area contributed by atoms with E-state index in [4.69, 9.17) is 0 Å². The molecule has 116 valence electrons. The number of rotatable bonds is 6. The van der Waals surface area contributed by atoms with E-state index in [0.29, 0.717) is 18.7 Å². The predicted octanol–water partition coefficient (Wildman–Crippen LogP) is 2.71. The lowest BCUT2D eigenvalue weighted by Crippen LogP contribution is -2.34. The molecule has 1 N–H and O–H groups in total. The molecule has 2 aromatic rings. The third-order valence-corrected chi connectivity index (χ3v) is 3.21. The number of carbonyl (C=O) groups excluding carboxylic acids is 1. The summed E-state index contributed by atoms with van der Waals surface area (Å²) in [6.45, 7) is 0.860. The van der Waals surface area contributed by atoms with Crippen molar-refractivity contribution in [1.29, 1.82) is 0 Å². The maximum absolute atomic E-state index is 13.5. The Hall–Kier alpha value is -2.27. The molecule has 1 amide bonds. The molecule has 0 aromatic heterocycles. The highest BCUT2D eigenvalue weighted by Crippen LogP contribution is 2.08. The van der Waals surface area contributed by atoms with Gasteiger partial charge >= 0.3 is 0 Å². The van der Waals surface area contributed by atoms with Crippen molar-refractivity contribution in [3.8, 4) is 0 Å². The Morgan fingerprint density at radius 1 is 1.09 bits per heavy atom. The van der Waals surface area contributed by atoms with E-state index in [9.17, 15) is 13.6 Å². The molecule has 0 spiro atoms. The Morgan fingerprint density at radius 2 is 1.77 bits per heavy atom. The highest BCUT2D eigenvalue weighted by Gasteiger charge is 2.09. The summed E-state index contributed by atoms with van der Waals surface area (Å²) >= 11 is 0. The van der Waals surface area contributed by atoms with Crippen LogP contribution >= 0.6 is 0 Å². The Labute approximate surface area is 128 Å². The summed E-state index contributed by atoms with van der Waals surface area (Å²) in [6, 6.07) is 12.4. The van der Waals surface area contributed by atoms with Gasteiger partial charge in [-0.25, -0.2) is 8.78 Å². The lowest BCUT2D eigenvalue weighted by atomic mass is 10.2. The molecule has 0 radical (unpaired) electrons. The summed E-state index contributed by atoms with van der Waals surface area (Å²) in [5, 5.41) is 2.75. The van der Waals surface area contributed by atoms with Gasteiger partial charge < -0.3 is 5.32 Å². The van der Waals surface area contributed by atoms with Crippen molar-refractivity contribution in [1.82, 2.24) is 10.2 Å². The van der Waals surface area contributed by atoms with Crippen molar-refractivity contribution in [3.63, 3.8) is 0 Å². The van der Waals surface area contributed by atoms with Crippen LogP contribution in [0.3, 0.4) is 0 Å². The molecule has 2 rings (SSSR count). The van der Waals surface area contributed by atoms with Crippen LogP contribution in [0, 0.1) is 11.6 Å². The van der Waals surface area contributed by atoms with Crippen molar-refractivity contribution < 1.29 is 13.6 Å². The molecule has 0 unspecified atom stereocenters. The second-order valence-electron chi connectivity index (χ2n) is 5.17. The summed E-state index contributed by atoms with van der Waals surface area (Å²) in [7, 11) is 1.75. The number of benzene rings is 2. The first-order valence-corrected chi connectivity index (χ1v) is 6.97. The Morgan fingerprint density at radius 3 is 2.45 bits per heavy atom. The second-order valence-corrected chi connectivity index (χ2v) is 5.17. The minimum absolute atomic E-state index is 0.162. The maximum atomic E-state index is 13.5. The monoisotopic (exact) mass is 304 g/mol. The van der Waals surface area contributed by atoms with Crippen LogP contribution in [-0.2, 0) is 17.9 Å². The SMILES string of the molecule is CN(CC(=O)NCc1ccc(F)cc1)Cc1ccccc1F. The first-order valence-electron chi connectivity index (χ1n) is 6.97. The number of amides is 1. The second kappa shape index (κ2) is 7.66. The molecule has 3 nitrogen and oxygen atoms in total. The zero-order valence-electron chi connectivity index (χ0n) is 12.4. The maximum Gasteiger partial charge on any atom is 0.234 e. The van der Waals surface area contributed by atoms with Crippen LogP contribution in [0.15, 0.2) is 48.5 Å². The third-order valence-electron chi connectivity index (χ3n) is 3.21. The van der Waals surface area contributed by atoms with Gasteiger partial charge in [0, 0.05) is 18.7 Å². The van der Waals surface area contributed by atoms with Crippen molar-refractivity contribution in [3.05, 3.63) is 71.3 Å². The summed E-state index contributed by atoms with van der Waals surface area (Å²) in [6.07, 6.45) is 0. The first kappa shape index (κ1) is 16.1. The van der Waals surface area contributed by atoms with Gasteiger partial charge in [0.1, 0.15) is 11.6 Å². The van der Waals surface area contributed by atoms with Crippen LogP contribution in [-0.4, -0.2) is 24.4 Å². The van der Waals surface area contributed by atoms with Gasteiger partial charge in [-0.05, 0) is 30.8 Å². The van der Waals surface area contributed by atoms with Crippen molar-refractivity contribution in [2.75, 3.05) is 13.6 Å². The molecule has 0 heterocycles. The summed E-state index contributed by atoms with van der Waals surface area (Å²) in [4.78, 5) is 13.6.